The van der Waals surface area contributed by atoms with Crippen LogP contribution in [-0.4, -0.2) is 54.3 Å². The number of benzene rings is 3. The van der Waals surface area contributed by atoms with Gasteiger partial charge in [0.2, 0.25) is 11.8 Å². The number of nitrogens with one attached hydrogen (secondary N) is 1. The maximum atomic E-state index is 13.3. The minimum absolute atomic E-state index is 0.00938. The molecule has 1 fully saturated rings. The van der Waals surface area contributed by atoms with Gasteiger partial charge in [0.05, 0.1) is 12.5 Å². The molecule has 31 heavy (non-hydrogen) atoms. The fourth-order valence-corrected chi connectivity index (χ4v) is 4.37. The summed E-state index contributed by atoms with van der Waals surface area (Å²) in [6, 6.07) is 23.6. The third kappa shape index (κ3) is 4.78. The van der Waals surface area contributed by atoms with Crippen molar-refractivity contribution in [1.82, 2.24) is 15.1 Å². The summed E-state index contributed by atoms with van der Waals surface area (Å²) in [6.07, 6.45) is 0.254. The first-order chi connectivity index (χ1) is 15.0. The lowest BCUT2D eigenvalue weighted by Gasteiger charge is -2.41. The van der Waals surface area contributed by atoms with Crippen LogP contribution in [0.5, 0.6) is 0 Å². The van der Waals surface area contributed by atoms with Crippen LogP contribution in [0.15, 0.2) is 72.8 Å². The Hall–Kier alpha value is -3.18. The van der Waals surface area contributed by atoms with E-state index in [-0.39, 0.29) is 24.3 Å². The summed E-state index contributed by atoms with van der Waals surface area (Å²) in [6.45, 7) is 4.04. The molecular weight excluding hydrogens is 386 g/mol. The van der Waals surface area contributed by atoms with E-state index in [2.05, 4.69) is 29.4 Å². The molecule has 5 heteroatoms. The summed E-state index contributed by atoms with van der Waals surface area (Å²) in [4.78, 5) is 30.2. The number of piperazine rings is 1. The quantitative estimate of drug-likeness (QED) is 0.695. The van der Waals surface area contributed by atoms with Gasteiger partial charge in [0, 0.05) is 19.6 Å². The summed E-state index contributed by atoms with van der Waals surface area (Å²) >= 11 is 0. The second-order valence-electron chi connectivity index (χ2n) is 8.32. The molecule has 4 rings (SSSR count). The molecule has 1 saturated heterocycles. The van der Waals surface area contributed by atoms with Gasteiger partial charge in [-0.2, -0.15) is 0 Å². The van der Waals surface area contributed by atoms with Crippen molar-refractivity contribution in [3.05, 3.63) is 83.9 Å². The average Bonchev–Trinajstić information content (AvgIpc) is 2.79. The number of fused-ring (bicyclic) bond motifs is 1. The van der Waals surface area contributed by atoms with Crippen LogP contribution in [0, 0.1) is 0 Å². The van der Waals surface area contributed by atoms with Crippen LogP contribution in [0.25, 0.3) is 10.8 Å². The lowest BCUT2D eigenvalue weighted by atomic mass is 10.0. The van der Waals surface area contributed by atoms with Crippen molar-refractivity contribution in [2.45, 2.75) is 25.4 Å². The Kier molecular flexibility index (Phi) is 6.33. The van der Waals surface area contributed by atoms with Crippen LogP contribution in [0.4, 0.5) is 0 Å². The molecule has 0 unspecified atom stereocenters. The summed E-state index contributed by atoms with van der Waals surface area (Å²) < 4.78 is 0. The molecule has 1 N–H and O–H groups in total. The van der Waals surface area contributed by atoms with E-state index in [1.165, 1.54) is 0 Å². The zero-order chi connectivity index (χ0) is 21.8. The zero-order valence-corrected chi connectivity index (χ0v) is 18.1. The van der Waals surface area contributed by atoms with Gasteiger partial charge in [0.25, 0.3) is 0 Å². The molecule has 2 amide bonds. The zero-order valence-electron chi connectivity index (χ0n) is 18.1. The number of hydrogen-bond donors (Lipinski definition) is 1. The van der Waals surface area contributed by atoms with E-state index in [4.69, 9.17) is 0 Å². The molecule has 0 aliphatic carbocycles. The molecule has 3 aromatic rings. The molecule has 0 radical (unpaired) electrons. The fraction of sp³-hybridized carbons (Fsp3) is 0.308. The van der Waals surface area contributed by atoms with Crippen molar-refractivity contribution in [3.8, 4) is 0 Å². The number of nitrogens with zero attached hydrogens (tertiary/aromatic N) is 2. The van der Waals surface area contributed by atoms with Crippen molar-refractivity contribution in [2.24, 2.45) is 0 Å². The first-order valence-electron chi connectivity index (χ1n) is 10.8. The van der Waals surface area contributed by atoms with E-state index >= 15 is 0 Å². The van der Waals surface area contributed by atoms with Gasteiger partial charge in [0.1, 0.15) is 6.04 Å². The fourth-order valence-electron chi connectivity index (χ4n) is 4.37. The third-order valence-electron chi connectivity index (χ3n) is 6.03. The Labute approximate surface area is 183 Å². The number of carbonyl (C=O) groups is 2. The summed E-state index contributed by atoms with van der Waals surface area (Å²) in [5.74, 6) is -0.171. The molecule has 2 atom stereocenters. The average molecular weight is 416 g/mol. The summed E-state index contributed by atoms with van der Waals surface area (Å²) in [5.41, 5.74) is 2.09. The van der Waals surface area contributed by atoms with Gasteiger partial charge in [0.15, 0.2) is 0 Å². The van der Waals surface area contributed by atoms with E-state index in [9.17, 15) is 9.59 Å². The van der Waals surface area contributed by atoms with Crippen molar-refractivity contribution in [2.75, 3.05) is 26.7 Å². The van der Waals surface area contributed by atoms with Crippen LogP contribution in [0.3, 0.4) is 0 Å². The molecule has 160 valence electrons. The minimum Gasteiger partial charge on any atom is -0.344 e. The van der Waals surface area contributed by atoms with Crippen molar-refractivity contribution in [1.29, 1.82) is 0 Å². The van der Waals surface area contributed by atoms with E-state index in [1.807, 2.05) is 65.6 Å². The molecule has 0 saturated carbocycles. The van der Waals surface area contributed by atoms with Crippen LogP contribution in [0.1, 0.15) is 24.1 Å². The first-order valence-corrected chi connectivity index (χ1v) is 10.8. The van der Waals surface area contributed by atoms with Gasteiger partial charge in [-0.3, -0.25) is 9.59 Å². The van der Waals surface area contributed by atoms with Crippen molar-refractivity contribution in [3.63, 3.8) is 0 Å². The van der Waals surface area contributed by atoms with E-state index in [0.29, 0.717) is 6.54 Å². The molecule has 1 aliphatic rings. The number of carbonyl (C=O) groups excluding carboxylic acids is 2. The maximum absolute atomic E-state index is 13.3. The van der Waals surface area contributed by atoms with E-state index in [0.717, 1.165) is 35.0 Å². The minimum atomic E-state index is -0.572. The normalized spacial score (nSPS) is 18.0. The van der Waals surface area contributed by atoms with Gasteiger partial charge >= 0.3 is 0 Å². The number of hydrogen-bond acceptors (Lipinski definition) is 3. The highest BCUT2D eigenvalue weighted by Gasteiger charge is 2.33. The van der Waals surface area contributed by atoms with Gasteiger partial charge < -0.3 is 15.1 Å². The molecule has 0 spiro atoms. The number of likely N-dealkylation sites (N-methyl/N-ethyl adjacent to an activating group) is 1. The van der Waals surface area contributed by atoms with Gasteiger partial charge in [-0.1, -0.05) is 72.8 Å². The molecule has 1 heterocycles. The lowest BCUT2D eigenvalue weighted by Crippen LogP contribution is -2.54. The molecule has 5 nitrogen and oxygen atoms in total. The first kappa shape index (κ1) is 21.1. The molecule has 0 bridgehead atoms. The lowest BCUT2D eigenvalue weighted by molar-refractivity contribution is -0.140. The molecule has 0 aromatic heterocycles. The van der Waals surface area contributed by atoms with Gasteiger partial charge in [-0.25, -0.2) is 0 Å². The van der Waals surface area contributed by atoms with Crippen LogP contribution in [-0.2, 0) is 16.0 Å². The predicted molar refractivity (Wildman–Crippen MR) is 124 cm³/mol. The molecule has 3 aromatic carbocycles. The van der Waals surface area contributed by atoms with E-state index < -0.39 is 6.04 Å². The number of amides is 2. The van der Waals surface area contributed by atoms with Crippen LogP contribution < -0.4 is 5.32 Å². The standard InChI is InChI=1S/C26H29N3O2/c1-19(27-25(30)17-22-13-8-12-20-9-6-7-14-23(20)22)26(31)29-16-15-28(2)18-24(29)21-10-4-3-5-11-21/h3-14,19,24H,15-18H2,1-2H3,(H,27,30)/t19-,24-/m1/s1. The SMILES string of the molecule is C[C@@H](NC(=O)Cc1cccc2ccccc12)C(=O)N1CCN(C)C[C@@H]1c1ccccc1. The second kappa shape index (κ2) is 9.31. The summed E-state index contributed by atoms with van der Waals surface area (Å²) in [5, 5.41) is 5.11. The monoisotopic (exact) mass is 415 g/mol. The van der Waals surface area contributed by atoms with Gasteiger partial charge in [-0.05, 0) is 35.9 Å². The summed E-state index contributed by atoms with van der Waals surface area (Å²) in [7, 11) is 2.08. The Morgan fingerprint density at radius 3 is 2.48 bits per heavy atom. The molecule has 1 aliphatic heterocycles. The Bertz CT molecular complexity index is 1060. The highest BCUT2D eigenvalue weighted by molar-refractivity contribution is 5.92. The van der Waals surface area contributed by atoms with Crippen LogP contribution >= 0.6 is 0 Å². The van der Waals surface area contributed by atoms with Crippen molar-refractivity contribution < 1.29 is 9.59 Å². The van der Waals surface area contributed by atoms with E-state index in [1.54, 1.807) is 6.92 Å². The maximum Gasteiger partial charge on any atom is 0.245 e. The highest BCUT2D eigenvalue weighted by atomic mass is 16.2. The largest absolute Gasteiger partial charge is 0.344 e. The number of rotatable bonds is 5. The smallest absolute Gasteiger partial charge is 0.245 e. The van der Waals surface area contributed by atoms with Gasteiger partial charge in [-0.15, -0.1) is 0 Å². The predicted octanol–water partition coefficient (Wildman–Crippen LogP) is 3.40. The Balaban J connectivity index is 1.45. The third-order valence-corrected chi connectivity index (χ3v) is 6.03. The second-order valence-corrected chi connectivity index (χ2v) is 8.32. The highest BCUT2D eigenvalue weighted by Crippen LogP contribution is 2.25. The van der Waals surface area contributed by atoms with Crippen LogP contribution in [0.2, 0.25) is 0 Å². The Morgan fingerprint density at radius 2 is 1.68 bits per heavy atom. The topological polar surface area (TPSA) is 52.7 Å². The van der Waals surface area contributed by atoms with Crippen molar-refractivity contribution >= 4 is 22.6 Å². The molecular formula is C26H29N3O2. The Morgan fingerprint density at radius 1 is 0.968 bits per heavy atom.